The van der Waals surface area contributed by atoms with E-state index in [0.717, 1.165) is 23.5 Å². The standard InChI is InChI=1S/C22H26O6/c1-12-15(10-23)5-13-6-17-18(28-11-27-17)9-16(13)21(12)14-7-19(24-2)22(26-4)20(8-14)25-3/h6-9,12,15,21,23H,5,10-11H2,1-4H3/t12-,15-,21+/m0/s1. The first-order chi connectivity index (χ1) is 13.6. The highest BCUT2D eigenvalue weighted by Gasteiger charge is 2.37. The number of hydrogen-bond acceptors (Lipinski definition) is 6. The number of benzene rings is 2. The summed E-state index contributed by atoms with van der Waals surface area (Å²) in [6.45, 7) is 2.56. The molecule has 1 N–H and O–H groups in total. The van der Waals surface area contributed by atoms with E-state index in [2.05, 4.69) is 19.1 Å². The smallest absolute Gasteiger partial charge is 0.231 e. The monoisotopic (exact) mass is 386 g/mol. The molecule has 1 heterocycles. The number of hydrogen-bond donors (Lipinski definition) is 1. The summed E-state index contributed by atoms with van der Waals surface area (Å²) in [7, 11) is 4.84. The van der Waals surface area contributed by atoms with Gasteiger partial charge < -0.3 is 28.8 Å². The first kappa shape index (κ1) is 18.7. The van der Waals surface area contributed by atoms with E-state index < -0.39 is 0 Å². The van der Waals surface area contributed by atoms with Crippen LogP contribution in [0.15, 0.2) is 24.3 Å². The second kappa shape index (κ2) is 7.43. The Labute approximate surface area is 164 Å². The summed E-state index contributed by atoms with van der Waals surface area (Å²) in [5, 5.41) is 10.0. The Hall–Kier alpha value is -2.60. The van der Waals surface area contributed by atoms with Crippen molar-refractivity contribution in [2.45, 2.75) is 19.3 Å². The van der Waals surface area contributed by atoms with Crippen molar-refractivity contribution in [2.24, 2.45) is 11.8 Å². The highest BCUT2D eigenvalue weighted by molar-refractivity contribution is 5.58. The Balaban J connectivity index is 1.89. The Kier molecular flexibility index (Phi) is 4.98. The summed E-state index contributed by atoms with van der Waals surface area (Å²) < 4.78 is 27.8. The molecule has 2 aromatic rings. The van der Waals surface area contributed by atoms with Crippen LogP contribution in [0.5, 0.6) is 28.7 Å². The summed E-state index contributed by atoms with van der Waals surface area (Å²) in [6.07, 6.45) is 0.810. The van der Waals surface area contributed by atoms with Gasteiger partial charge in [0.05, 0.1) is 21.3 Å². The number of rotatable bonds is 5. The molecule has 150 valence electrons. The minimum Gasteiger partial charge on any atom is -0.493 e. The van der Waals surface area contributed by atoms with Crippen molar-refractivity contribution in [2.75, 3.05) is 34.7 Å². The van der Waals surface area contributed by atoms with Crippen LogP contribution in [-0.4, -0.2) is 39.8 Å². The van der Waals surface area contributed by atoms with E-state index in [1.165, 1.54) is 11.1 Å². The van der Waals surface area contributed by atoms with E-state index in [-0.39, 0.29) is 31.2 Å². The predicted octanol–water partition coefficient (Wildman–Crippen LogP) is 3.37. The van der Waals surface area contributed by atoms with E-state index in [1.54, 1.807) is 21.3 Å². The zero-order valence-electron chi connectivity index (χ0n) is 16.7. The molecule has 1 aliphatic heterocycles. The molecule has 0 saturated heterocycles. The van der Waals surface area contributed by atoms with Gasteiger partial charge in [0.2, 0.25) is 12.5 Å². The van der Waals surface area contributed by atoms with Crippen LogP contribution in [0.4, 0.5) is 0 Å². The fourth-order valence-corrected chi connectivity index (χ4v) is 4.48. The third-order valence-electron chi connectivity index (χ3n) is 6.00. The number of ether oxygens (including phenoxy) is 5. The van der Waals surface area contributed by atoms with Crippen LogP contribution in [0, 0.1) is 11.8 Å². The largest absolute Gasteiger partial charge is 0.493 e. The molecule has 3 atom stereocenters. The Bertz CT molecular complexity index is 853. The zero-order valence-corrected chi connectivity index (χ0v) is 16.7. The van der Waals surface area contributed by atoms with Gasteiger partial charge in [-0.25, -0.2) is 0 Å². The van der Waals surface area contributed by atoms with Crippen molar-refractivity contribution in [1.82, 2.24) is 0 Å². The fraction of sp³-hybridized carbons (Fsp3) is 0.455. The van der Waals surface area contributed by atoms with Crippen molar-refractivity contribution in [1.29, 1.82) is 0 Å². The molecule has 0 bridgehead atoms. The van der Waals surface area contributed by atoms with Gasteiger partial charge in [-0.2, -0.15) is 0 Å². The summed E-state index contributed by atoms with van der Waals surface area (Å²) in [5.74, 6) is 3.79. The second-order valence-electron chi connectivity index (χ2n) is 7.35. The molecule has 0 unspecified atom stereocenters. The van der Waals surface area contributed by atoms with Gasteiger partial charge in [-0.15, -0.1) is 0 Å². The quantitative estimate of drug-likeness (QED) is 0.850. The van der Waals surface area contributed by atoms with Crippen molar-refractivity contribution in [3.63, 3.8) is 0 Å². The highest BCUT2D eigenvalue weighted by atomic mass is 16.7. The maximum absolute atomic E-state index is 10.0. The summed E-state index contributed by atoms with van der Waals surface area (Å²) in [4.78, 5) is 0. The van der Waals surface area contributed by atoms with Crippen LogP contribution in [0.1, 0.15) is 29.5 Å². The van der Waals surface area contributed by atoms with Crippen molar-refractivity contribution in [3.05, 3.63) is 41.0 Å². The van der Waals surface area contributed by atoms with Crippen molar-refractivity contribution >= 4 is 0 Å². The SMILES string of the molecule is COc1cc([C@@H]2c3cc4c(cc3C[C@@H](CO)[C@@H]2C)OCO4)cc(OC)c1OC. The highest BCUT2D eigenvalue weighted by Crippen LogP contribution is 2.50. The average molecular weight is 386 g/mol. The molecule has 0 saturated carbocycles. The molecule has 6 nitrogen and oxygen atoms in total. The van der Waals surface area contributed by atoms with Gasteiger partial charge in [0.15, 0.2) is 23.0 Å². The topological polar surface area (TPSA) is 66.4 Å². The van der Waals surface area contributed by atoms with E-state index in [4.69, 9.17) is 23.7 Å². The van der Waals surface area contributed by atoms with E-state index in [1.807, 2.05) is 12.1 Å². The number of aliphatic hydroxyl groups excluding tert-OH is 1. The average Bonchev–Trinajstić information content (AvgIpc) is 3.18. The maximum Gasteiger partial charge on any atom is 0.231 e. The molecular formula is C22H26O6. The molecular weight excluding hydrogens is 360 g/mol. The first-order valence-corrected chi connectivity index (χ1v) is 9.44. The molecule has 28 heavy (non-hydrogen) atoms. The zero-order chi connectivity index (χ0) is 19.8. The Morgan fingerprint density at radius 2 is 1.61 bits per heavy atom. The van der Waals surface area contributed by atoms with Gasteiger partial charge in [-0.3, -0.25) is 0 Å². The van der Waals surface area contributed by atoms with Crippen LogP contribution in [0.2, 0.25) is 0 Å². The van der Waals surface area contributed by atoms with Crippen LogP contribution in [-0.2, 0) is 6.42 Å². The lowest BCUT2D eigenvalue weighted by Gasteiger charge is -2.38. The molecule has 0 fully saturated rings. The van der Waals surface area contributed by atoms with E-state index in [9.17, 15) is 5.11 Å². The van der Waals surface area contributed by atoms with Crippen molar-refractivity contribution < 1.29 is 28.8 Å². The van der Waals surface area contributed by atoms with Gasteiger partial charge in [0.25, 0.3) is 0 Å². The minimum atomic E-state index is 0.0594. The summed E-state index contributed by atoms with van der Waals surface area (Å²) in [6, 6.07) is 8.13. The lowest BCUT2D eigenvalue weighted by atomic mass is 9.67. The lowest BCUT2D eigenvalue weighted by molar-refractivity contribution is 0.164. The molecule has 1 aliphatic carbocycles. The first-order valence-electron chi connectivity index (χ1n) is 9.44. The van der Waals surface area contributed by atoms with Crippen molar-refractivity contribution in [3.8, 4) is 28.7 Å². The second-order valence-corrected chi connectivity index (χ2v) is 7.35. The van der Waals surface area contributed by atoms with Crippen LogP contribution in [0.25, 0.3) is 0 Å². The Morgan fingerprint density at radius 1 is 0.964 bits per heavy atom. The molecule has 0 aromatic heterocycles. The van der Waals surface area contributed by atoms with Crippen LogP contribution in [0.3, 0.4) is 0 Å². The normalized spacial score (nSPS) is 22.5. The predicted molar refractivity (Wildman–Crippen MR) is 104 cm³/mol. The molecule has 4 rings (SSSR count). The van der Waals surface area contributed by atoms with Gasteiger partial charge in [0, 0.05) is 12.5 Å². The molecule has 2 aliphatic rings. The number of aliphatic hydroxyl groups is 1. The fourth-order valence-electron chi connectivity index (χ4n) is 4.48. The molecule has 0 spiro atoms. The molecule has 2 aromatic carbocycles. The number of fused-ring (bicyclic) bond motifs is 2. The van der Waals surface area contributed by atoms with Gasteiger partial charge in [-0.05, 0) is 59.2 Å². The molecule has 0 amide bonds. The third-order valence-corrected chi connectivity index (χ3v) is 6.00. The summed E-state index contributed by atoms with van der Waals surface area (Å²) in [5.41, 5.74) is 3.43. The molecule has 6 heteroatoms. The van der Waals surface area contributed by atoms with Gasteiger partial charge >= 0.3 is 0 Å². The number of methoxy groups -OCH3 is 3. The minimum absolute atomic E-state index is 0.0594. The lowest BCUT2D eigenvalue weighted by Crippen LogP contribution is -2.30. The third kappa shape index (κ3) is 2.92. The summed E-state index contributed by atoms with van der Waals surface area (Å²) >= 11 is 0. The Morgan fingerprint density at radius 3 is 2.18 bits per heavy atom. The maximum atomic E-state index is 10.0. The molecule has 0 radical (unpaired) electrons. The van der Waals surface area contributed by atoms with Crippen LogP contribution >= 0.6 is 0 Å². The van der Waals surface area contributed by atoms with Crippen LogP contribution < -0.4 is 23.7 Å². The van der Waals surface area contributed by atoms with E-state index >= 15 is 0 Å². The van der Waals surface area contributed by atoms with E-state index in [0.29, 0.717) is 17.2 Å². The van der Waals surface area contributed by atoms with Gasteiger partial charge in [0.1, 0.15) is 0 Å². The van der Waals surface area contributed by atoms with Gasteiger partial charge in [-0.1, -0.05) is 6.92 Å².